The van der Waals surface area contributed by atoms with Crippen molar-refractivity contribution in [1.82, 2.24) is 5.32 Å². The molecule has 0 radical (unpaired) electrons. The van der Waals surface area contributed by atoms with Crippen LogP contribution in [-0.4, -0.2) is 31.1 Å². The average Bonchev–Trinajstić information content (AvgIpc) is 3.20. The molecule has 0 aromatic heterocycles. The first-order valence-electron chi connectivity index (χ1n) is 8.88. The number of hydrogen-bond acceptors (Lipinski definition) is 3. The lowest BCUT2D eigenvalue weighted by Gasteiger charge is -2.14. The molecule has 3 rings (SSSR count). The van der Waals surface area contributed by atoms with Crippen molar-refractivity contribution in [3.05, 3.63) is 65.7 Å². The van der Waals surface area contributed by atoms with Crippen LogP contribution < -0.4 is 10.6 Å². The molecule has 1 atom stereocenters. The van der Waals surface area contributed by atoms with Gasteiger partial charge in [-0.1, -0.05) is 18.2 Å². The molecule has 5 nitrogen and oxygen atoms in total. The number of guanidine groups is 1. The van der Waals surface area contributed by atoms with Gasteiger partial charge < -0.3 is 10.1 Å². The number of para-hydroxylation sites is 1. The Balaban J connectivity index is 1.71. The first kappa shape index (κ1) is 19.9. The van der Waals surface area contributed by atoms with E-state index in [9.17, 15) is 18.0 Å². The number of nitrogens with one attached hydrogen (secondary N) is 2. The summed E-state index contributed by atoms with van der Waals surface area (Å²) in [5.41, 5.74) is 0.0210. The Morgan fingerprint density at radius 3 is 2.43 bits per heavy atom. The minimum atomic E-state index is -4.45. The van der Waals surface area contributed by atoms with Gasteiger partial charge in [-0.05, 0) is 49.2 Å². The molecule has 0 spiro atoms. The molecule has 1 saturated heterocycles. The maximum absolute atomic E-state index is 12.7. The Morgan fingerprint density at radius 2 is 1.82 bits per heavy atom. The highest BCUT2D eigenvalue weighted by Gasteiger charge is 2.30. The Kier molecular flexibility index (Phi) is 6.30. The minimum absolute atomic E-state index is 0.00413. The quantitative estimate of drug-likeness (QED) is 0.610. The van der Waals surface area contributed by atoms with Gasteiger partial charge in [0.25, 0.3) is 5.91 Å². The molecule has 0 bridgehead atoms. The van der Waals surface area contributed by atoms with Crippen molar-refractivity contribution >= 4 is 17.6 Å². The van der Waals surface area contributed by atoms with Crippen LogP contribution in [-0.2, 0) is 10.9 Å². The molecule has 0 unspecified atom stereocenters. The van der Waals surface area contributed by atoms with Crippen molar-refractivity contribution in [2.75, 3.05) is 18.5 Å². The van der Waals surface area contributed by atoms with Crippen LogP contribution in [0.15, 0.2) is 59.6 Å². The van der Waals surface area contributed by atoms with Crippen molar-refractivity contribution < 1.29 is 22.7 Å². The number of aliphatic imine (C=N–C) groups is 1. The predicted molar refractivity (Wildman–Crippen MR) is 100 cm³/mol. The lowest BCUT2D eigenvalue weighted by Crippen LogP contribution is -2.36. The summed E-state index contributed by atoms with van der Waals surface area (Å²) in [6.45, 7) is 1.07. The molecule has 1 heterocycles. The Bertz CT molecular complexity index is 815. The first-order chi connectivity index (χ1) is 13.4. The van der Waals surface area contributed by atoms with Gasteiger partial charge in [0.2, 0.25) is 5.96 Å². The molecule has 1 fully saturated rings. The zero-order chi connectivity index (χ0) is 20.0. The van der Waals surface area contributed by atoms with E-state index >= 15 is 0 Å². The number of carbonyl (C=O) groups is 1. The van der Waals surface area contributed by atoms with Crippen LogP contribution in [0, 0.1) is 0 Å². The molecular formula is C20H20F3N3O2. The third-order valence-corrected chi connectivity index (χ3v) is 4.22. The fourth-order valence-corrected chi connectivity index (χ4v) is 2.74. The van der Waals surface area contributed by atoms with Crippen molar-refractivity contribution in [1.29, 1.82) is 0 Å². The number of ether oxygens (including phenoxy) is 1. The highest BCUT2D eigenvalue weighted by atomic mass is 19.4. The zero-order valence-corrected chi connectivity index (χ0v) is 15.0. The Morgan fingerprint density at radius 1 is 1.11 bits per heavy atom. The van der Waals surface area contributed by atoms with Crippen LogP contribution in [0.25, 0.3) is 0 Å². The summed E-state index contributed by atoms with van der Waals surface area (Å²) >= 11 is 0. The first-order valence-corrected chi connectivity index (χ1v) is 8.88. The van der Waals surface area contributed by atoms with Crippen molar-refractivity contribution in [2.45, 2.75) is 25.1 Å². The highest BCUT2D eigenvalue weighted by Crippen LogP contribution is 2.29. The number of carbonyl (C=O) groups excluding carboxylic acids is 1. The maximum Gasteiger partial charge on any atom is 0.416 e. The summed E-state index contributed by atoms with van der Waals surface area (Å²) in [5.74, 6) is -0.338. The summed E-state index contributed by atoms with van der Waals surface area (Å²) in [5, 5.41) is 5.65. The lowest BCUT2D eigenvalue weighted by atomic mass is 10.1. The van der Waals surface area contributed by atoms with Crippen LogP contribution in [0.1, 0.15) is 28.8 Å². The van der Waals surface area contributed by atoms with Crippen LogP contribution in [0.3, 0.4) is 0 Å². The van der Waals surface area contributed by atoms with Gasteiger partial charge in [-0.15, -0.1) is 0 Å². The van der Waals surface area contributed by atoms with Crippen LogP contribution in [0.4, 0.5) is 18.9 Å². The number of rotatable bonds is 4. The van der Waals surface area contributed by atoms with Crippen molar-refractivity contribution in [3.8, 4) is 0 Å². The van der Waals surface area contributed by atoms with E-state index in [0.29, 0.717) is 13.2 Å². The molecule has 2 aromatic carbocycles. The second-order valence-corrected chi connectivity index (χ2v) is 6.34. The van der Waals surface area contributed by atoms with Gasteiger partial charge in [0.15, 0.2) is 0 Å². The number of nitrogens with zero attached hydrogens (tertiary/aromatic N) is 1. The summed E-state index contributed by atoms with van der Waals surface area (Å²) in [4.78, 5) is 16.8. The Hall–Kier alpha value is -2.87. The van der Waals surface area contributed by atoms with Gasteiger partial charge in [-0.2, -0.15) is 13.2 Å². The number of alkyl halides is 3. The normalized spacial score (nSPS) is 17.4. The van der Waals surface area contributed by atoms with Crippen molar-refractivity contribution in [2.24, 2.45) is 4.99 Å². The number of anilines is 1. The van der Waals surface area contributed by atoms with Gasteiger partial charge in [0.1, 0.15) is 0 Å². The fourth-order valence-electron chi connectivity index (χ4n) is 2.74. The van der Waals surface area contributed by atoms with E-state index in [-0.39, 0.29) is 17.6 Å². The average molecular weight is 391 g/mol. The molecule has 8 heteroatoms. The Labute approximate surface area is 160 Å². The SMILES string of the molecule is O=C(NC(=NC[C@@H]1CCCO1)Nc1ccccc1)c1ccc(C(F)(F)F)cc1. The highest BCUT2D eigenvalue weighted by molar-refractivity contribution is 6.09. The van der Waals surface area contributed by atoms with Gasteiger partial charge in [-0.25, -0.2) is 4.99 Å². The van der Waals surface area contributed by atoms with E-state index in [4.69, 9.17) is 4.74 Å². The molecule has 1 amide bonds. The fraction of sp³-hybridized carbons (Fsp3) is 0.300. The van der Waals surface area contributed by atoms with E-state index in [1.165, 1.54) is 0 Å². The third-order valence-electron chi connectivity index (χ3n) is 4.22. The third kappa shape index (κ3) is 5.56. The summed E-state index contributed by atoms with van der Waals surface area (Å²) in [7, 11) is 0. The molecule has 148 valence electrons. The second-order valence-electron chi connectivity index (χ2n) is 6.34. The number of amides is 1. The standard InChI is InChI=1S/C20H20F3N3O2/c21-20(22,23)15-10-8-14(9-11-15)18(27)26-19(24-13-17-7-4-12-28-17)25-16-5-2-1-3-6-16/h1-3,5-6,8-11,17H,4,7,12-13H2,(H2,24,25,26,27)/t17-/m0/s1. The summed E-state index contributed by atoms with van der Waals surface area (Å²) < 4.78 is 43.6. The molecule has 0 saturated carbocycles. The number of benzene rings is 2. The van der Waals surface area contributed by atoms with E-state index in [1.54, 1.807) is 0 Å². The molecule has 1 aliphatic rings. The smallest absolute Gasteiger partial charge is 0.376 e. The molecule has 0 aliphatic carbocycles. The van der Waals surface area contributed by atoms with Crippen molar-refractivity contribution in [3.63, 3.8) is 0 Å². The predicted octanol–water partition coefficient (Wildman–Crippen LogP) is 4.08. The molecule has 1 aliphatic heterocycles. The number of hydrogen-bond donors (Lipinski definition) is 2. The lowest BCUT2D eigenvalue weighted by molar-refractivity contribution is -0.137. The van der Waals surface area contributed by atoms with Crippen LogP contribution in [0.5, 0.6) is 0 Å². The summed E-state index contributed by atoms with van der Waals surface area (Å²) in [6.07, 6.45) is -2.58. The topological polar surface area (TPSA) is 62.7 Å². The largest absolute Gasteiger partial charge is 0.416 e. The zero-order valence-electron chi connectivity index (χ0n) is 15.0. The van der Waals surface area contributed by atoms with E-state index in [0.717, 1.165) is 42.8 Å². The van der Waals surface area contributed by atoms with Crippen LogP contribution >= 0.6 is 0 Å². The second kappa shape index (κ2) is 8.88. The monoisotopic (exact) mass is 391 g/mol. The molecule has 2 aromatic rings. The molecule has 28 heavy (non-hydrogen) atoms. The van der Waals surface area contributed by atoms with E-state index < -0.39 is 17.6 Å². The molecule has 2 N–H and O–H groups in total. The van der Waals surface area contributed by atoms with Crippen LogP contribution in [0.2, 0.25) is 0 Å². The van der Waals surface area contributed by atoms with Gasteiger partial charge >= 0.3 is 6.18 Å². The van der Waals surface area contributed by atoms with Gasteiger partial charge in [-0.3, -0.25) is 10.1 Å². The van der Waals surface area contributed by atoms with E-state index in [1.807, 2.05) is 30.3 Å². The summed E-state index contributed by atoms with van der Waals surface area (Å²) in [6, 6.07) is 13.2. The minimum Gasteiger partial charge on any atom is -0.376 e. The van der Waals surface area contributed by atoms with E-state index in [2.05, 4.69) is 15.6 Å². The molecular weight excluding hydrogens is 371 g/mol. The maximum atomic E-state index is 12.7. The van der Waals surface area contributed by atoms with Gasteiger partial charge in [0.05, 0.1) is 18.2 Å². The number of halogens is 3. The van der Waals surface area contributed by atoms with Gasteiger partial charge in [0, 0.05) is 17.9 Å².